The fourth-order valence-electron chi connectivity index (χ4n) is 4.13. The maximum Gasteiger partial charge on any atom is 0.289 e. The number of nitrogens with zero attached hydrogens (tertiary/aromatic N) is 4. The van der Waals surface area contributed by atoms with Crippen molar-refractivity contribution in [2.75, 3.05) is 32.7 Å². The van der Waals surface area contributed by atoms with Gasteiger partial charge in [-0.1, -0.05) is 18.2 Å². The number of hydrogen-bond donors (Lipinski definition) is 0. The second-order valence-corrected chi connectivity index (χ2v) is 10.4. The molecule has 1 atom stereocenters. The predicted octanol–water partition coefficient (Wildman–Crippen LogP) is 1.79. The van der Waals surface area contributed by atoms with E-state index in [1.54, 1.807) is 21.9 Å². The maximum absolute atomic E-state index is 13.1. The van der Waals surface area contributed by atoms with Crippen LogP contribution in [0.15, 0.2) is 46.7 Å². The van der Waals surface area contributed by atoms with Crippen LogP contribution in [0.4, 0.5) is 5.69 Å². The summed E-state index contributed by atoms with van der Waals surface area (Å²) in [5.74, 6) is -0.344. The van der Waals surface area contributed by atoms with Crippen LogP contribution in [0.1, 0.15) is 22.5 Å². The van der Waals surface area contributed by atoms with E-state index >= 15 is 0 Å². The fourth-order valence-corrected chi connectivity index (χ4v) is 6.39. The molecule has 0 N–H and O–H groups in total. The standard InChI is InChI=1S/C20H22N4O6S2/c25-19(16-6-3-9-23(16)20(26)17-7-4-14-31-17)21-10-12-22(13-11-21)32(29,30)18-8-2-1-5-15(18)24(27)28/h1-2,4-5,7-8,14,16H,3,6,9-13H2/t16-/m0/s1. The molecule has 3 heterocycles. The van der Waals surface area contributed by atoms with E-state index in [1.165, 1.54) is 33.8 Å². The number of hydrogen-bond acceptors (Lipinski definition) is 7. The molecule has 10 nitrogen and oxygen atoms in total. The number of piperazine rings is 1. The molecule has 0 aliphatic carbocycles. The van der Waals surface area contributed by atoms with Crippen LogP contribution in [0.5, 0.6) is 0 Å². The fraction of sp³-hybridized carbons (Fsp3) is 0.400. The molecule has 1 aromatic carbocycles. The number of nitro groups is 1. The molecule has 0 radical (unpaired) electrons. The van der Waals surface area contributed by atoms with Gasteiger partial charge in [0.05, 0.1) is 9.80 Å². The highest BCUT2D eigenvalue weighted by molar-refractivity contribution is 7.89. The van der Waals surface area contributed by atoms with Crippen molar-refractivity contribution in [3.05, 3.63) is 56.8 Å². The average molecular weight is 479 g/mol. The molecule has 2 aliphatic heterocycles. The van der Waals surface area contributed by atoms with Crippen molar-refractivity contribution in [1.82, 2.24) is 14.1 Å². The summed E-state index contributed by atoms with van der Waals surface area (Å²) < 4.78 is 27.1. The van der Waals surface area contributed by atoms with Crippen LogP contribution < -0.4 is 0 Å². The van der Waals surface area contributed by atoms with Gasteiger partial charge >= 0.3 is 0 Å². The Labute approximate surface area is 189 Å². The Morgan fingerprint density at radius 3 is 2.41 bits per heavy atom. The SMILES string of the molecule is O=C([C@@H]1CCCN1C(=O)c1cccs1)N1CCN(S(=O)(=O)c2ccccc2[N+](=O)[O-])CC1. The second kappa shape index (κ2) is 8.96. The van der Waals surface area contributed by atoms with E-state index in [0.717, 1.165) is 12.5 Å². The molecule has 0 bridgehead atoms. The second-order valence-electron chi connectivity index (χ2n) is 7.59. The highest BCUT2D eigenvalue weighted by Crippen LogP contribution is 2.28. The minimum absolute atomic E-state index is 0.0334. The molecule has 4 rings (SSSR count). The average Bonchev–Trinajstić information content (AvgIpc) is 3.50. The summed E-state index contributed by atoms with van der Waals surface area (Å²) in [4.78, 5) is 39.8. The van der Waals surface area contributed by atoms with Crippen LogP contribution in [0.2, 0.25) is 0 Å². The van der Waals surface area contributed by atoms with Gasteiger partial charge in [0, 0.05) is 38.8 Å². The largest absolute Gasteiger partial charge is 0.338 e. The Morgan fingerprint density at radius 1 is 1.03 bits per heavy atom. The van der Waals surface area contributed by atoms with E-state index in [1.807, 2.05) is 5.38 Å². The van der Waals surface area contributed by atoms with Gasteiger partial charge in [0.25, 0.3) is 11.6 Å². The number of carbonyl (C=O) groups is 2. The van der Waals surface area contributed by atoms with Crippen molar-refractivity contribution in [3.8, 4) is 0 Å². The van der Waals surface area contributed by atoms with E-state index in [9.17, 15) is 28.1 Å². The molecule has 2 aromatic rings. The summed E-state index contributed by atoms with van der Waals surface area (Å²) in [7, 11) is -4.07. The molecule has 2 fully saturated rings. The first-order valence-corrected chi connectivity index (χ1v) is 12.5. The Kier molecular flexibility index (Phi) is 6.26. The van der Waals surface area contributed by atoms with Gasteiger partial charge in [-0.15, -0.1) is 11.3 Å². The summed E-state index contributed by atoms with van der Waals surface area (Å²) in [5, 5.41) is 13.1. The van der Waals surface area contributed by atoms with Crippen LogP contribution in [-0.4, -0.2) is 78.0 Å². The molecular formula is C20H22N4O6S2. The molecule has 12 heteroatoms. The zero-order valence-corrected chi connectivity index (χ0v) is 18.8. The number of sulfonamides is 1. The summed E-state index contributed by atoms with van der Waals surface area (Å²) in [6.45, 7) is 0.906. The van der Waals surface area contributed by atoms with Crippen molar-refractivity contribution in [1.29, 1.82) is 0 Å². The molecular weight excluding hydrogens is 456 g/mol. The number of thiophene rings is 1. The lowest BCUT2D eigenvalue weighted by molar-refractivity contribution is -0.387. The number of rotatable bonds is 5. The van der Waals surface area contributed by atoms with Gasteiger partial charge in [-0.05, 0) is 30.4 Å². The Bertz CT molecular complexity index is 1130. The molecule has 2 aliphatic rings. The summed E-state index contributed by atoms with van der Waals surface area (Å²) in [6, 6.07) is 8.21. The molecule has 0 saturated carbocycles. The summed E-state index contributed by atoms with van der Waals surface area (Å²) >= 11 is 1.33. The molecule has 2 amide bonds. The van der Waals surface area contributed by atoms with Crippen molar-refractivity contribution in [2.45, 2.75) is 23.8 Å². The van der Waals surface area contributed by atoms with Gasteiger partial charge in [-0.3, -0.25) is 19.7 Å². The lowest BCUT2D eigenvalue weighted by Crippen LogP contribution is -2.55. The number of nitro benzene ring substituents is 1. The normalized spacial score (nSPS) is 19.8. The third kappa shape index (κ3) is 4.12. The highest BCUT2D eigenvalue weighted by Gasteiger charge is 2.40. The first kappa shape index (κ1) is 22.4. The van der Waals surface area contributed by atoms with E-state index in [0.29, 0.717) is 17.8 Å². The number of para-hydroxylation sites is 1. The van der Waals surface area contributed by atoms with Gasteiger partial charge < -0.3 is 9.80 Å². The number of likely N-dealkylation sites (tertiary alicyclic amines) is 1. The van der Waals surface area contributed by atoms with E-state index in [2.05, 4.69) is 0 Å². The molecule has 32 heavy (non-hydrogen) atoms. The molecule has 0 spiro atoms. The van der Waals surface area contributed by atoms with Crippen LogP contribution >= 0.6 is 11.3 Å². The quantitative estimate of drug-likeness (QED) is 0.477. The predicted molar refractivity (Wildman–Crippen MR) is 117 cm³/mol. The third-order valence-corrected chi connectivity index (χ3v) is 8.56. The van der Waals surface area contributed by atoms with E-state index < -0.39 is 26.7 Å². The Morgan fingerprint density at radius 2 is 1.75 bits per heavy atom. The van der Waals surface area contributed by atoms with Gasteiger partial charge in [0.1, 0.15) is 6.04 Å². The number of benzene rings is 1. The van der Waals surface area contributed by atoms with Crippen molar-refractivity contribution in [2.24, 2.45) is 0 Å². The lowest BCUT2D eigenvalue weighted by atomic mass is 10.1. The molecule has 2 saturated heterocycles. The molecule has 0 unspecified atom stereocenters. The highest BCUT2D eigenvalue weighted by atomic mass is 32.2. The smallest absolute Gasteiger partial charge is 0.289 e. The van der Waals surface area contributed by atoms with Crippen molar-refractivity contribution >= 4 is 38.9 Å². The Balaban J connectivity index is 1.44. The third-order valence-electron chi connectivity index (χ3n) is 5.76. The Hall–Kier alpha value is -2.83. The van der Waals surface area contributed by atoms with Gasteiger partial charge in [0.2, 0.25) is 15.9 Å². The van der Waals surface area contributed by atoms with E-state index in [4.69, 9.17) is 0 Å². The van der Waals surface area contributed by atoms with Gasteiger partial charge in [0.15, 0.2) is 4.90 Å². The van der Waals surface area contributed by atoms with Crippen LogP contribution in [-0.2, 0) is 14.8 Å². The van der Waals surface area contributed by atoms with Crippen LogP contribution in [0, 0.1) is 10.1 Å². The minimum atomic E-state index is -4.07. The summed E-state index contributed by atoms with van der Waals surface area (Å²) in [6.07, 6.45) is 1.31. The number of amides is 2. The van der Waals surface area contributed by atoms with Gasteiger partial charge in [-0.25, -0.2) is 8.42 Å². The minimum Gasteiger partial charge on any atom is -0.338 e. The maximum atomic E-state index is 13.1. The first-order chi connectivity index (χ1) is 15.3. The van der Waals surface area contributed by atoms with Crippen molar-refractivity contribution < 1.29 is 22.9 Å². The van der Waals surface area contributed by atoms with Crippen LogP contribution in [0.25, 0.3) is 0 Å². The van der Waals surface area contributed by atoms with Crippen molar-refractivity contribution in [3.63, 3.8) is 0 Å². The van der Waals surface area contributed by atoms with Crippen LogP contribution in [0.3, 0.4) is 0 Å². The summed E-state index contributed by atoms with van der Waals surface area (Å²) in [5.41, 5.74) is -0.473. The first-order valence-electron chi connectivity index (χ1n) is 10.2. The zero-order valence-electron chi connectivity index (χ0n) is 17.1. The lowest BCUT2D eigenvalue weighted by Gasteiger charge is -2.36. The molecule has 170 valence electrons. The molecule has 1 aromatic heterocycles. The topological polar surface area (TPSA) is 121 Å². The van der Waals surface area contributed by atoms with Gasteiger partial charge in [-0.2, -0.15) is 4.31 Å². The van der Waals surface area contributed by atoms with E-state index in [-0.39, 0.29) is 42.9 Å². The number of carbonyl (C=O) groups excluding carboxylic acids is 2. The zero-order chi connectivity index (χ0) is 22.9. The monoisotopic (exact) mass is 478 g/mol.